The van der Waals surface area contributed by atoms with E-state index in [0.717, 1.165) is 0 Å². The Hall–Kier alpha value is -1.59. The lowest BCUT2D eigenvalue weighted by atomic mass is 10.1. The second-order valence-corrected chi connectivity index (χ2v) is 6.70. The summed E-state index contributed by atoms with van der Waals surface area (Å²) in [4.78, 5) is 11.3. The largest absolute Gasteiger partial charge is 0.748 e. The van der Waals surface area contributed by atoms with Gasteiger partial charge in [0.05, 0.1) is 16.2 Å². The highest BCUT2D eigenvalue weighted by Crippen LogP contribution is 2.31. The number of amides is 1. The van der Waals surface area contributed by atoms with Crippen molar-refractivity contribution in [1.29, 1.82) is 0 Å². The lowest BCUT2D eigenvalue weighted by Crippen LogP contribution is -2.50. The highest BCUT2D eigenvalue weighted by Gasteiger charge is 2.47. The zero-order chi connectivity index (χ0) is 17.8. The molecule has 10 heteroatoms. The number of aliphatic hydroxyl groups is 3. The lowest BCUT2D eigenvalue weighted by molar-refractivity contribution is -0.730. The Bertz CT molecular complexity index is 641. The molecule has 0 radical (unpaired) electrons. The number of hydrogen-bond donors (Lipinski definition) is 4. The predicted octanol–water partition coefficient (Wildman–Crippen LogP) is -2.49. The lowest BCUT2D eigenvalue weighted by Gasteiger charge is -2.14. The summed E-state index contributed by atoms with van der Waals surface area (Å²) in [6, 6.07) is 4.50. The maximum atomic E-state index is 11.3. The molecule has 1 aromatic heterocycles. The van der Waals surface area contributed by atoms with Crippen molar-refractivity contribution in [2.45, 2.75) is 24.7 Å². The summed E-state index contributed by atoms with van der Waals surface area (Å²) in [7, 11) is -3.92. The molecule has 4 atom stereocenters. The number of rotatable bonds is 3. The van der Waals surface area contributed by atoms with Crippen molar-refractivity contribution in [1.82, 2.24) is 0 Å². The molecule has 1 fully saturated rings. The van der Waals surface area contributed by atoms with Crippen molar-refractivity contribution in [3.05, 3.63) is 30.1 Å². The van der Waals surface area contributed by atoms with Crippen molar-refractivity contribution < 1.29 is 37.7 Å². The molecule has 1 heterocycles. The zero-order valence-corrected chi connectivity index (χ0v) is 13.3. The highest BCUT2D eigenvalue weighted by molar-refractivity contribution is 7.84. The number of aromatic nitrogens is 1. The first-order chi connectivity index (χ1) is 10.6. The molecule has 0 bridgehead atoms. The molecule has 0 aromatic carbocycles. The van der Waals surface area contributed by atoms with Gasteiger partial charge in [0, 0.05) is 37.3 Å². The molecule has 4 unspecified atom stereocenters. The van der Waals surface area contributed by atoms with E-state index >= 15 is 0 Å². The summed E-state index contributed by atoms with van der Waals surface area (Å²) in [6.07, 6.45) is 0.627. The molecule has 0 spiro atoms. The first-order valence-electron chi connectivity index (χ1n) is 6.74. The summed E-state index contributed by atoms with van der Waals surface area (Å²) in [6.45, 7) is -0.200. The normalized spacial score (nSPS) is 27.2. The molecule has 1 aliphatic carbocycles. The minimum atomic E-state index is -3.92. The van der Waals surface area contributed by atoms with Crippen LogP contribution in [0.4, 0.5) is 0 Å². The second kappa shape index (κ2) is 7.79. The van der Waals surface area contributed by atoms with E-state index in [-0.39, 0.29) is 12.3 Å². The highest BCUT2D eigenvalue weighted by atomic mass is 32.2. The van der Waals surface area contributed by atoms with Crippen LogP contribution in [0.3, 0.4) is 0 Å². The van der Waals surface area contributed by atoms with E-state index in [0.29, 0.717) is 12.7 Å². The van der Waals surface area contributed by atoms with E-state index in [9.17, 15) is 15.0 Å². The van der Waals surface area contributed by atoms with Crippen molar-refractivity contribution in [3.63, 3.8) is 0 Å². The van der Waals surface area contributed by atoms with Gasteiger partial charge in [-0.25, -0.2) is 8.42 Å². The van der Waals surface area contributed by atoms with Gasteiger partial charge < -0.3 is 25.6 Å². The first kappa shape index (κ1) is 19.5. The molecule has 1 aliphatic rings. The minimum absolute atomic E-state index is 0.200. The molecule has 1 amide bonds. The van der Waals surface area contributed by atoms with Gasteiger partial charge in [0.25, 0.3) is 5.69 Å². The number of carbonyl (C=O) groups excluding carboxylic acids is 1. The smallest absolute Gasteiger partial charge is 0.313 e. The monoisotopic (exact) mass is 348 g/mol. The number of nitrogens with two attached hydrogens (primary N) is 1. The van der Waals surface area contributed by atoms with Gasteiger partial charge in [-0.15, -0.1) is 0 Å². The fraction of sp³-hybridized carbons (Fsp3) is 0.538. The SMILES string of the molecule is CS(=O)(=O)[O-].NC(=O)c1cccc[n+]1C1CC(CO)C(O)C1O. The third-order valence-corrected chi connectivity index (χ3v) is 3.51. The molecule has 0 saturated heterocycles. The molecule has 0 aliphatic heterocycles. The quantitative estimate of drug-likeness (QED) is 0.346. The van der Waals surface area contributed by atoms with Gasteiger partial charge in [0.1, 0.15) is 6.10 Å². The van der Waals surface area contributed by atoms with E-state index in [1.165, 1.54) is 0 Å². The van der Waals surface area contributed by atoms with Crippen LogP contribution in [-0.4, -0.2) is 59.3 Å². The van der Waals surface area contributed by atoms with Gasteiger partial charge in [-0.2, -0.15) is 4.57 Å². The van der Waals surface area contributed by atoms with E-state index in [1.54, 1.807) is 29.0 Å². The van der Waals surface area contributed by atoms with Gasteiger partial charge in [-0.05, 0) is 6.07 Å². The second-order valence-electron chi connectivity index (χ2n) is 5.29. The van der Waals surface area contributed by atoms with Gasteiger partial charge in [0.2, 0.25) is 0 Å². The third-order valence-electron chi connectivity index (χ3n) is 3.51. The van der Waals surface area contributed by atoms with E-state index in [1.807, 2.05) is 0 Å². The molecular weight excluding hydrogens is 328 g/mol. The molecule has 1 aromatic rings. The van der Waals surface area contributed by atoms with Crippen LogP contribution in [0.1, 0.15) is 23.0 Å². The van der Waals surface area contributed by atoms with Gasteiger partial charge >= 0.3 is 5.91 Å². The average Bonchev–Trinajstić information content (AvgIpc) is 2.73. The van der Waals surface area contributed by atoms with Crippen LogP contribution in [0.15, 0.2) is 24.4 Å². The fourth-order valence-electron chi connectivity index (χ4n) is 2.51. The predicted molar refractivity (Wildman–Crippen MR) is 77.0 cm³/mol. The standard InChI is InChI=1S/C12H16N2O4.CH4O3S/c13-12(18)8-3-1-2-4-14(8)9-5-7(6-15)10(16)11(9)17;1-5(2,3)4/h1-4,7,9-11,15-17H,5-6H2,(H-,13,18);1H3,(H,2,3,4). The van der Waals surface area contributed by atoms with Crippen molar-refractivity contribution >= 4 is 16.0 Å². The Balaban J connectivity index is 0.000000463. The molecule has 1 saturated carbocycles. The Morgan fingerprint density at radius 2 is 1.96 bits per heavy atom. The number of carbonyl (C=O) groups is 1. The van der Waals surface area contributed by atoms with Crippen molar-refractivity contribution in [2.24, 2.45) is 11.7 Å². The topological polar surface area (TPSA) is 165 Å². The van der Waals surface area contributed by atoms with Crippen molar-refractivity contribution in [2.75, 3.05) is 12.9 Å². The number of nitrogens with zero attached hydrogens (tertiary/aromatic N) is 1. The molecular formula is C13H20N2O7S. The molecule has 5 N–H and O–H groups in total. The minimum Gasteiger partial charge on any atom is -0.748 e. The van der Waals surface area contributed by atoms with Crippen molar-refractivity contribution in [3.8, 4) is 0 Å². The average molecular weight is 348 g/mol. The van der Waals surface area contributed by atoms with Crippen LogP contribution in [0.25, 0.3) is 0 Å². The van der Waals surface area contributed by atoms with Gasteiger partial charge in [-0.1, -0.05) is 0 Å². The van der Waals surface area contributed by atoms with Crippen LogP contribution < -0.4 is 10.3 Å². The Labute approximate surface area is 133 Å². The van der Waals surface area contributed by atoms with E-state index in [2.05, 4.69) is 0 Å². The molecule has 9 nitrogen and oxygen atoms in total. The maximum Gasteiger partial charge on any atom is 0.313 e. The maximum absolute atomic E-state index is 11.3. The van der Waals surface area contributed by atoms with Crippen LogP contribution in [-0.2, 0) is 10.1 Å². The van der Waals surface area contributed by atoms with Crippen LogP contribution >= 0.6 is 0 Å². The Morgan fingerprint density at radius 1 is 1.39 bits per heavy atom. The third kappa shape index (κ3) is 5.52. The summed E-state index contributed by atoms with van der Waals surface area (Å²) < 4.78 is 28.8. The Kier molecular flexibility index (Phi) is 6.59. The molecule has 23 heavy (non-hydrogen) atoms. The first-order valence-corrected chi connectivity index (χ1v) is 8.55. The summed E-state index contributed by atoms with van der Waals surface area (Å²) in [5, 5.41) is 28.9. The summed E-state index contributed by atoms with van der Waals surface area (Å²) in [5.74, 6) is -0.983. The van der Waals surface area contributed by atoms with Gasteiger partial charge in [-0.3, -0.25) is 4.79 Å². The Morgan fingerprint density at radius 3 is 2.39 bits per heavy atom. The fourth-order valence-corrected chi connectivity index (χ4v) is 2.51. The zero-order valence-electron chi connectivity index (χ0n) is 12.4. The van der Waals surface area contributed by atoms with E-state index in [4.69, 9.17) is 23.8 Å². The molecule has 2 rings (SSSR count). The van der Waals surface area contributed by atoms with Crippen LogP contribution in [0.2, 0.25) is 0 Å². The summed E-state index contributed by atoms with van der Waals surface area (Å²) in [5.41, 5.74) is 5.55. The van der Waals surface area contributed by atoms with Crippen LogP contribution in [0, 0.1) is 5.92 Å². The van der Waals surface area contributed by atoms with Gasteiger partial charge in [0.15, 0.2) is 12.2 Å². The van der Waals surface area contributed by atoms with E-state index < -0.39 is 40.2 Å². The summed E-state index contributed by atoms with van der Waals surface area (Å²) >= 11 is 0. The number of aliphatic hydroxyl groups excluding tert-OH is 3. The molecule has 130 valence electrons. The van der Waals surface area contributed by atoms with Crippen LogP contribution in [0.5, 0.6) is 0 Å². The number of pyridine rings is 1. The number of hydrogen-bond acceptors (Lipinski definition) is 7. The number of primary amides is 1.